The van der Waals surface area contributed by atoms with E-state index in [1.54, 1.807) is 6.20 Å². The molecule has 0 unspecified atom stereocenters. The normalized spacial score (nSPS) is 10.9. The maximum absolute atomic E-state index is 6.04. The average molecular weight is 399 g/mol. The minimum absolute atomic E-state index is 0.507. The number of hydrogen-bond acceptors (Lipinski definition) is 4. The molecule has 0 aliphatic carbocycles. The first kappa shape index (κ1) is 19.9. The molecule has 4 aromatic rings. The van der Waals surface area contributed by atoms with E-state index in [-0.39, 0.29) is 0 Å². The van der Waals surface area contributed by atoms with Crippen LogP contribution in [0.4, 0.5) is 0 Å². The summed E-state index contributed by atoms with van der Waals surface area (Å²) in [5.41, 5.74) is 6.70. The molecule has 0 spiro atoms. The Balaban J connectivity index is 1.41. The zero-order valence-corrected chi connectivity index (χ0v) is 17.4. The Bertz CT molecular complexity index is 1090. The van der Waals surface area contributed by atoms with E-state index >= 15 is 0 Å². The lowest BCUT2D eigenvalue weighted by molar-refractivity contribution is 0.301. The van der Waals surface area contributed by atoms with Crippen molar-refractivity contribution in [3.8, 4) is 11.4 Å². The SMILES string of the molecule is Cc1nn(-c2ccccc2)c(C)c1CNCc1ccccc1OCc1cccnc1. The van der Waals surface area contributed by atoms with E-state index in [1.165, 1.54) is 5.56 Å². The molecular formula is C25H26N4O. The summed E-state index contributed by atoms with van der Waals surface area (Å²) in [6.45, 7) is 6.16. The van der Waals surface area contributed by atoms with E-state index < -0.39 is 0 Å². The second-order valence-corrected chi connectivity index (χ2v) is 7.26. The number of rotatable bonds is 8. The Kier molecular flexibility index (Phi) is 6.20. The number of para-hydroxylation sites is 2. The Morgan fingerprint density at radius 1 is 0.900 bits per heavy atom. The van der Waals surface area contributed by atoms with Gasteiger partial charge in [-0.25, -0.2) is 4.68 Å². The van der Waals surface area contributed by atoms with Gasteiger partial charge in [-0.1, -0.05) is 42.5 Å². The van der Waals surface area contributed by atoms with Gasteiger partial charge in [0.15, 0.2) is 0 Å². The Morgan fingerprint density at radius 3 is 2.50 bits per heavy atom. The second kappa shape index (κ2) is 9.37. The van der Waals surface area contributed by atoms with Gasteiger partial charge in [-0.3, -0.25) is 4.98 Å². The Labute approximate surface area is 177 Å². The highest BCUT2D eigenvalue weighted by Crippen LogP contribution is 2.21. The van der Waals surface area contributed by atoms with Gasteiger partial charge in [0.2, 0.25) is 0 Å². The summed E-state index contributed by atoms with van der Waals surface area (Å²) in [5, 5.41) is 8.29. The van der Waals surface area contributed by atoms with E-state index in [2.05, 4.69) is 42.3 Å². The summed E-state index contributed by atoms with van der Waals surface area (Å²) in [5.74, 6) is 0.891. The summed E-state index contributed by atoms with van der Waals surface area (Å²) in [7, 11) is 0. The molecule has 1 N–H and O–H groups in total. The van der Waals surface area contributed by atoms with Crippen LogP contribution in [-0.2, 0) is 19.7 Å². The summed E-state index contributed by atoms with van der Waals surface area (Å²) in [6.07, 6.45) is 3.60. The van der Waals surface area contributed by atoms with Crippen LogP contribution in [0.15, 0.2) is 79.1 Å². The van der Waals surface area contributed by atoms with Gasteiger partial charge in [-0.05, 0) is 38.1 Å². The van der Waals surface area contributed by atoms with Gasteiger partial charge < -0.3 is 10.1 Å². The number of benzene rings is 2. The van der Waals surface area contributed by atoms with Crippen LogP contribution in [0.25, 0.3) is 5.69 Å². The van der Waals surface area contributed by atoms with Gasteiger partial charge in [-0.15, -0.1) is 0 Å². The third kappa shape index (κ3) is 4.58. The molecule has 2 heterocycles. The van der Waals surface area contributed by atoms with Gasteiger partial charge in [0.25, 0.3) is 0 Å². The van der Waals surface area contributed by atoms with Gasteiger partial charge in [-0.2, -0.15) is 5.10 Å². The highest BCUT2D eigenvalue weighted by molar-refractivity contribution is 5.37. The maximum Gasteiger partial charge on any atom is 0.124 e. The van der Waals surface area contributed by atoms with Crippen LogP contribution in [-0.4, -0.2) is 14.8 Å². The first-order valence-electron chi connectivity index (χ1n) is 10.1. The number of nitrogens with zero attached hydrogens (tertiary/aromatic N) is 3. The number of nitrogens with one attached hydrogen (secondary N) is 1. The van der Waals surface area contributed by atoms with Gasteiger partial charge >= 0.3 is 0 Å². The molecule has 2 aromatic carbocycles. The number of pyridine rings is 1. The summed E-state index contributed by atoms with van der Waals surface area (Å²) >= 11 is 0. The third-order valence-corrected chi connectivity index (χ3v) is 5.15. The van der Waals surface area contributed by atoms with Crippen LogP contribution < -0.4 is 10.1 Å². The Hall–Kier alpha value is -3.44. The van der Waals surface area contributed by atoms with Crippen LogP contribution >= 0.6 is 0 Å². The lowest BCUT2D eigenvalue weighted by atomic mass is 10.1. The van der Waals surface area contributed by atoms with Crippen molar-refractivity contribution in [2.24, 2.45) is 0 Å². The average Bonchev–Trinajstić information content (AvgIpc) is 3.08. The summed E-state index contributed by atoms with van der Waals surface area (Å²) in [6, 6.07) is 22.3. The first-order chi connectivity index (χ1) is 14.7. The first-order valence-corrected chi connectivity index (χ1v) is 10.1. The monoisotopic (exact) mass is 398 g/mol. The lowest BCUT2D eigenvalue weighted by Gasteiger charge is -2.12. The zero-order valence-electron chi connectivity index (χ0n) is 17.4. The summed E-state index contributed by atoms with van der Waals surface area (Å²) < 4.78 is 8.05. The molecule has 0 saturated heterocycles. The number of ether oxygens (including phenoxy) is 1. The van der Waals surface area contributed by atoms with Crippen LogP contribution in [0.1, 0.15) is 28.1 Å². The van der Waals surface area contributed by atoms with Gasteiger partial charge in [0.1, 0.15) is 12.4 Å². The molecule has 30 heavy (non-hydrogen) atoms. The van der Waals surface area contributed by atoms with E-state index in [0.29, 0.717) is 6.61 Å². The van der Waals surface area contributed by atoms with Crippen LogP contribution in [0, 0.1) is 13.8 Å². The summed E-state index contributed by atoms with van der Waals surface area (Å²) in [4.78, 5) is 4.14. The molecule has 0 bridgehead atoms. The third-order valence-electron chi connectivity index (χ3n) is 5.15. The number of hydrogen-bond donors (Lipinski definition) is 1. The van der Waals surface area contributed by atoms with Crippen molar-refractivity contribution in [2.75, 3.05) is 0 Å². The van der Waals surface area contributed by atoms with Crippen molar-refractivity contribution in [1.29, 1.82) is 0 Å². The molecule has 0 fully saturated rings. The molecule has 4 rings (SSSR count). The predicted octanol–water partition coefficient (Wildman–Crippen LogP) is 4.75. The molecule has 2 aromatic heterocycles. The van der Waals surface area contributed by atoms with Crippen molar-refractivity contribution >= 4 is 0 Å². The minimum atomic E-state index is 0.507. The fourth-order valence-electron chi connectivity index (χ4n) is 3.51. The topological polar surface area (TPSA) is 52.0 Å². The van der Waals surface area contributed by atoms with E-state index in [9.17, 15) is 0 Å². The van der Waals surface area contributed by atoms with Crippen molar-refractivity contribution in [2.45, 2.75) is 33.5 Å². The Morgan fingerprint density at radius 2 is 1.70 bits per heavy atom. The quantitative estimate of drug-likeness (QED) is 0.465. The fourth-order valence-corrected chi connectivity index (χ4v) is 3.51. The largest absolute Gasteiger partial charge is 0.489 e. The smallest absolute Gasteiger partial charge is 0.124 e. The highest BCUT2D eigenvalue weighted by Gasteiger charge is 2.12. The zero-order chi connectivity index (χ0) is 20.8. The van der Waals surface area contributed by atoms with Crippen molar-refractivity contribution < 1.29 is 4.74 Å². The minimum Gasteiger partial charge on any atom is -0.489 e. The van der Waals surface area contributed by atoms with Crippen molar-refractivity contribution in [3.05, 3.63) is 107 Å². The van der Waals surface area contributed by atoms with Crippen molar-refractivity contribution in [1.82, 2.24) is 20.1 Å². The molecular weight excluding hydrogens is 372 g/mol. The molecule has 152 valence electrons. The van der Waals surface area contributed by atoms with E-state index in [4.69, 9.17) is 9.84 Å². The molecule has 5 nitrogen and oxygen atoms in total. The van der Waals surface area contributed by atoms with Crippen molar-refractivity contribution in [3.63, 3.8) is 0 Å². The molecule has 0 amide bonds. The molecule has 0 radical (unpaired) electrons. The van der Waals surface area contributed by atoms with Crippen LogP contribution in [0.3, 0.4) is 0 Å². The van der Waals surface area contributed by atoms with E-state index in [1.807, 2.05) is 59.4 Å². The van der Waals surface area contributed by atoms with Crippen LogP contribution in [0.5, 0.6) is 5.75 Å². The molecule has 0 aliphatic rings. The maximum atomic E-state index is 6.04. The predicted molar refractivity (Wildman–Crippen MR) is 119 cm³/mol. The standard InChI is InChI=1S/C25H26N4O/c1-19-24(20(2)29(28-19)23-11-4-3-5-12-23)17-27-16-22-10-6-7-13-25(22)30-18-21-9-8-14-26-15-21/h3-15,27H,16-18H2,1-2H3. The fraction of sp³-hybridized carbons (Fsp3) is 0.200. The number of aromatic nitrogens is 3. The van der Waals surface area contributed by atoms with Gasteiger partial charge in [0, 0.05) is 47.9 Å². The van der Waals surface area contributed by atoms with Gasteiger partial charge in [0.05, 0.1) is 11.4 Å². The second-order valence-electron chi connectivity index (χ2n) is 7.26. The molecule has 5 heteroatoms. The molecule has 0 aliphatic heterocycles. The van der Waals surface area contributed by atoms with Crippen LogP contribution in [0.2, 0.25) is 0 Å². The number of aryl methyl sites for hydroxylation is 1. The van der Waals surface area contributed by atoms with E-state index in [0.717, 1.165) is 47.0 Å². The molecule has 0 atom stereocenters. The highest BCUT2D eigenvalue weighted by atomic mass is 16.5. The molecule has 0 saturated carbocycles. The lowest BCUT2D eigenvalue weighted by Crippen LogP contribution is -2.15.